The smallest absolute Gasteiger partial charge is 0.101 e. The van der Waals surface area contributed by atoms with Crippen LogP contribution < -0.4 is 0 Å². The predicted molar refractivity (Wildman–Crippen MR) is 75.4 cm³/mol. The van der Waals surface area contributed by atoms with Crippen LogP contribution in [-0.4, -0.2) is 14.9 Å². The number of aliphatic hydroxyl groups is 1. The molecule has 1 atom stereocenters. The van der Waals surface area contributed by atoms with E-state index in [-0.39, 0.29) is 0 Å². The number of halogens is 1. The number of nitrogens with zero attached hydrogens (tertiary/aromatic N) is 2. The van der Waals surface area contributed by atoms with E-state index in [0.717, 1.165) is 22.3 Å². The summed E-state index contributed by atoms with van der Waals surface area (Å²) in [4.78, 5) is 0. The second-order valence-electron chi connectivity index (χ2n) is 4.40. The van der Waals surface area contributed by atoms with Gasteiger partial charge in [0.1, 0.15) is 6.10 Å². The van der Waals surface area contributed by atoms with Gasteiger partial charge in [-0.1, -0.05) is 29.8 Å². The third-order valence-corrected chi connectivity index (χ3v) is 3.61. The molecule has 96 valence electrons. The van der Waals surface area contributed by atoms with Gasteiger partial charge in [0.15, 0.2) is 0 Å². The lowest BCUT2D eigenvalue weighted by Gasteiger charge is -2.13. The highest BCUT2D eigenvalue weighted by Gasteiger charge is 2.17. The van der Waals surface area contributed by atoms with Crippen molar-refractivity contribution in [3.8, 4) is 0 Å². The molecule has 1 aromatic carbocycles. The molecule has 2 aromatic rings. The average Bonchev–Trinajstić information content (AvgIpc) is 2.73. The van der Waals surface area contributed by atoms with Crippen LogP contribution in [0.3, 0.4) is 0 Å². The Morgan fingerprint density at radius 1 is 1.33 bits per heavy atom. The number of benzene rings is 1. The Morgan fingerprint density at radius 3 is 2.61 bits per heavy atom. The standard InChI is InChI=1S/C14H17BrN2O/c1-3-17-14(12(15)9-16-17)13(18)8-11-6-4-10(2)5-7-11/h4-7,9,13,18H,3,8H2,1-2H3. The van der Waals surface area contributed by atoms with Crippen molar-refractivity contribution >= 4 is 15.9 Å². The molecular weight excluding hydrogens is 292 g/mol. The average molecular weight is 309 g/mol. The normalized spacial score (nSPS) is 12.7. The topological polar surface area (TPSA) is 38.0 Å². The van der Waals surface area contributed by atoms with Crippen LogP contribution in [0.2, 0.25) is 0 Å². The van der Waals surface area contributed by atoms with Gasteiger partial charge in [-0.2, -0.15) is 5.10 Å². The molecule has 18 heavy (non-hydrogen) atoms. The van der Waals surface area contributed by atoms with Crippen molar-refractivity contribution in [3.63, 3.8) is 0 Å². The van der Waals surface area contributed by atoms with Gasteiger partial charge < -0.3 is 5.11 Å². The zero-order chi connectivity index (χ0) is 13.1. The third kappa shape index (κ3) is 2.82. The van der Waals surface area contributed by atoms with E-state index in [2.05, 4.69) is 52.2 Å². The monoisotopic (exact) mass is 308 g/mol. The molecule has 0 aliphatic rings. The zero-order valence-corrected chi connectivity index (χ0v) is 12.2. The van der Waals surface area contributed by atoms with Crippen LogP contribution in [0.4, 0.5) is 0 Å². The second kappa shape index (κ2) is 5.67. The van der Waals surface area contributed by atoms with Crippen molar-refractivity contribution < 1.29 is 5.11 Å². The maximum Gasteiger partial charge on any atom is 0.101 e. The molecule has 1 unspecified atom stereocenters. The van der Waals surface area contributed by atoms with Crippen molar-refractivity contribution in [3.05, 3.63) is 51.8 Å². The summed E-state index contributed by atoms with van der Waals surface area (Å²) in [5.41, 5.74) is 3.20. The van der Waals surface area contributed by atoms with E-state index in [4.69, 9.17) is 0 Å². The molecule has 2 rings (SSSR count). The molecule has 1 aromatic heterocycles. The van der Waals surface area contributed by atoms with E-state index >= 15 is 0 Å². The van der Waals surface area contributed by atoms with Gasteiger partial charge in [0.2, 0.25) is 0 Å². The van der Waals surface area contributed by atoms with Gasteiger partial charge in [-0.05, 0) is 35.3 Å². The van der Waals surface area contributed by atoms with E-state index in [1.165, 1.54) is 5.56 Å². The molecule has 3 nitrogen and oxygen atoms in total. The van der Waals surface area contributed by atoms with Crippen LogP contribution in [0.15, 0.2) is 34.9 Å². The Kier molecular flexibility index (Phi) is 4.19. The fraction of sp³-hybridized carbons (Fsp3) is 0.357. The summed E-state index contributed by atoms with van der Waals surface area (Å²) >= 11 is 3.44. The number of hydrogen-bond acceptors (Lipinski definition) is 2. The van der Waals surface area contributed by atoms with Crippen molar-refractivity contribution in [1.82, 2.24) is 9.78 Å². The minimum absolute atomic E-state index is 0.537. The molecule has 0 fully saturated rings. The summed E-state index contributed by atoms with van der Waals surface area (Å²) in [6.45, 7) is 4.83. The van der Waals surface area contributed by atoms with Crippen LogP contribution in [0.25, 0.3) is 0 Å². The minimum atomic E-state index is -0.537. The summed E-state index contributed by atoms with van der Waals surface area (Å²) in [5.74, 6) is 0. The molecule has 4 heteroatoms. The zero-order valence-electron chi connectivity index (χ0n) is 10.6. The molecule has 0 bridgehead atoms. The highest BCUT2D eigenvalue weighted by molar-refractivity contribution is 9.10. The van der Waals surface area contributed by atoms with Crippen molar-refractivity contribution in [1.29, 1.82) is 0 Å². The third-order valence-electron chi connectivity index (χ3n) is 3.00. The molecule has 0 radical (unpaired) electrons. The van der Waals surface area contributed by atoms with Gasteiger partial charge in [0, 0.05) is 13.0 Å². The summed E-state index contributed by atoms with van der Waals surface area (Å²) in [6.07, 6.45) is 1.80. The first-order chi connectivity index (χ1) is 8.61. The van der Waals surface area contributed by atoms with E-state index in [1.807, 2.05) is 11.6 Å². The van der Waals surface area contributed by atoms with Crippen molar-refractivity contribution in [2.75, 3.05) is 0 Å². The second-order valence-corrected chi connectivity index (χ2v) is 5.25. The van der Waals surface area contributed by atoms with Crippen LogP contribution in [0.5, 0.6) is 0 Å². The first kappa shape index (κ1) is 13.3. The Balaban J connectivity index is 2.18. The lowest BCUT2D eigenvalue weighted by atomic mass is 10.0. The lowest BCUT2D eigenvalue weighted by Crippen LogP contribution is -2.10. The van der Waals surface area contributed by atoms with Crippen molar-refractivity contribution in [2.24, 2.45) is 0 Å². The van der Waals surface area contributed by atoms with Gasteiger partial charge in [-0.3, -0.25) is 4.68 Å². The summed E-state index contributed by atoms with van der Waals surface area (Å²) in [5, 5.41) is 14.6. The molecule has 0 spiro atoms. The van der Waals surface area contributed by atoms with E-state index < -0.39 is 6.10 Å². The molecule has 0 saturated carbocycles. The first-order valence-corrected chi connectivity index (χ1v) is 6.86. The highest BCUT2D eigenvalue weighted by Crippen LogP contribution is 2.26. The van der Waals surface area contributed by atoms with Crippen molar-refractivity contribution in [2.45, 2.75) is 32.9 Å². The maximum absolute atomic E-state index is 10.3. The summed E-state index contributed by atoms with van der Waals surface area (Å²) in [6, 6.07) is 8.24. The number of aliphatic hydroxyl groups excluding tert-OH is 1. The van der Waals surface area contributed by atoms with E-state index in [0.29, 0.717) is 6.42 Å². The van der Waals surface area contributed by atoms with E-state index in [1.54, 1.807) is 6.20 Å². The SMILES string of the molecule is CCn1ncc(Br)c1C(O)Cc1ccc(C)cc1. The Bertz CT molecular complexity index is 519. The van der Waals surface area contributed by atoms with Gasteiger partial charge in [0.25, 0.3) is 0 Å². The lowest BCUT2D eigenvalue weighted by molar-refractivity contribution is 0.166. The van der Waals surface area contributed by atoms with Gasteiger partial charge in [0.05, 0.1) is 16.4 Å². The molecule has 0 saturated heterocycles. The number of aryl methyl sites for hydroxylation is 2. The van der Waals surface area contributed by atoms with Gasteiger partial charge in [-0.25, -0.2) is 0 Å². The molecular formula is C14H17BrN2O. The molecule has 0 amide bonds. The Labute approximate surface area is 116 Å². The minimum Gasteiger partial charge on any atom is -0.386 e. The van der Waals surface area contributed by atoms with Crippen LogP contribution in [-0.2, 0) is 13.0 Å². The van der Waals surface area contributed by atoms with Gasteiger partial charge in [-0.15, -0.1) is 0 Å². The summed E-state index contributed by atoms with van der Waals surface area (Å²) < 4.78 is 2.69. The quantitative estimate of drug-likeness (QED) is 0.941. The number of rotatable bonds is 4. The van der Waals surface area contributed by atoms with E-state index in [9.17, 15) is 5.11 Å². The fourth-order valence-corrected chi connectivity index (χ4v) is 2.56. The van der Waals surface area contributed by atoms with Crippen LogP contribution in [0, 0.1) is 6.92 Å². The molecule has 1 N–H and O–H groups in total. The largest absolute Gasteiger partial charge is 0.386 e. The molecule has 1 heterocycles. The highest BCUT2D eigenvalue weighted by atomic mass is 79.9. The Morgan fingerprint density at radius 2 is 2.00 bits per heavy atom. The van der Waals surface area contributed by atoms with Crippen LogP contribution >= 0.6 is 15.9 Å². The number of hydrogen-bond donors (Lipinski definition) is 1. The molecule has 0 aliphatic carbocycles. The van der Waals surface area contributed by atoms with Gasteiger partial charge >= 0.3 is 0 Å². The van der Waals surface area contributed by atoms with Crippen LogP contribution in [0.1, 0.15) is 29.8 Å². The fourth-order valence-electron chi connectivity index (χ4n) is 2.00. The maximum atomic E-state index is 10.3. The Hall–Kier alpha value is -1.13. The first-order valence-electron chi connectivity index (χ1n) is 6.06. The molecule has 0 aliphatic heterocycles. The summed E-state index contributed by atoms with van der Waals surface area (Å²) in [7, 11) is 0. The predicted octanol–water partition coefficient (Wildman–Crippen LogP) is 3.25. The number of aromatic nitrogens is 2.